The summed E-state index contributed by atoms with van der Waals surface area (Å²) in [4.78, 5) is 0. The van der Waals surface area contributed by atoms with Crippen LogP contribution in [0.3, 0.4) is 0 Å². The Hall–Kier alpha value is -1.84. The third kappa shape index (κ3) is 1.46. The van der Waals surface area contributed by atoms with Crippen LogP contribution in [0.1, 0.15) is 11.5 Å². The van der Waals surface area contributed by atoms with Gasteiger partial charge in [-0.3, -0.25) is 0 Å². The maximum absolute atomic E-state index is 5.77. The molecule has 1 aromatic carbocycles. The van der Waals surface area contributed by atoms with Crippen molar-refractivity contribution in [1.82, 2.24) is 10.2 Å². The van der Waals surface area contributed by atoms with E-state index in [4.69, 9.17) is 10.2 Å². The Morgan fingerprint density at radius 3 is 2.57 bits per heavy atom. The topological polar surface area (TPSA) is 64.9 Å². The quantitative estimate of drug-likeness (QED) is 0.696. The summed E-state index contributed by atoms with van der Waals surface area (Å²) in [6.07, 6.45) is 0. The number of anilines is 1. The molecule has 0 amide bonds. The standard InChI is InChI=1S/C10H11N3O/c1-6-3-4-8(5-9(6)11)10-13-12-7(2)14-10/h3-5H,11H2,1-2H3. The Bertz CT molecular complexity index is 462. The highest BCUT2D eigenvalue weighted by Crippen LogP contribution is 2.22. The molecule has 0 aliphatic rings. The normalized spacial score (nSPS) is 10.4. The largest absolute Gasteiger partial charge is 0.421 e. The number of aryl methyl sites for hydroxylation is 2. The Morgan fingerprint density at radius 1 is 1.21 bits per heavy atom. The van der Waals surface area contributed by atoms with E-state index in [1.54, 1.807) is 6.92 Å². The summed E-state index contributed by atoms with van der Waals surface area (Å²) in [6.45, 7) is 3.71. The summed E-state index contributed by atoms with van der Waals surface area (Å²) in [5.74, 6) is 1.06. The molecular weight excluding hydrogens is 178 g/mol. The van der Waals surface area contributed by atoms with Crippen molar-refractivity contribution < 1.29 is 4.42 Å². The molecule has 0 fully saturated rings. The number of nitrogens with zero attached hydrogens (tertiary/aromatic N) is 2. The van der Waals surface area contributed by atoms with Gasteiger partial charge in [0.1, 0.15) is 0 Å². The van der Waals surface area contributed by atoms with Gasteiger partial charge >= 0.3 is 0 Å². The minimum Gasteiger partial charge on any atom is -0.421 e. The van der Waals surface area contributed by atoms with Crippen molar-refractivity contribution in [2.24, 2.45) is 0 Å². The van der Waals surface area contributed by atoms with Crippen LogP contribution in [0.4, 0.5) is 5.69 Å². The van der Waals surface area contributed by atoms with Gasteiger partial charge in [0.2, 0.25) is 11.8 Å². The van der Waals surface area contributed by atoms with E-state index in [0.717, 1.165) is 16.8 Å². The third-order valence-corrected chi connectivity index (χ3v) is 2.05. The van der Waals surface area contributed by atoms with E-state index in [-0.39, 0.29) is 0 Å². The van der Waals surface area contributed by atoms with Gasteiger partial charge in [-0.05, 0) is 24.6 Å². The summed E-state index contributed by atoms with van der Waals surface area (Å²) in [7, 11) is 0. The van der Waals surface area contributed by atoms with Crippen LogP contribution in [0, 0.1) is 13.8 Å². The third-order valence-electron chi connectivity index (χ3n) is 2.05. The van der Waals surface area contributed by atoms with Crippen LogP contribution in [0.25, 0.3) is 11.5 Å². The zero-order chi connectivity index (χ0) is 10.1. The highest BCUT2D eigenvalue weighted by molar-refractivity contribution is 5.62. The zero-order valence-corrected chi connectivity index (χ0v) is 8.11. The molecule has 2 aromatic rings. The molecule has 72 valence electrons. The first-order valence-electron chi connectivity index (χ1n) is 4.33. The average Bonchev–Trinajstić information content (AvgIpc) is 2.57. The molecule has 0 atom stereocenters. The number of benzene rings is 1. The van der Waals surface area contributed by atoms with Gasteiger partial charge in [-0.15, -0.1) is 10.2 Å². The fourth-order valence-electron chi connectivity index (χ4n) is 1.19. The summed E-state index contributed by atoms with van der Waals surface area (Å²) in [5.41, 5.74) is 8.41. The van der Waals surface area contributed by atoms with Gasteiger partial charge in [0.15, 0.2) is 0 Å². The SMILES string of the molecule is Cc1nnc(-c2ccc(C)c(N)c2)o1. The smallest absolute Gasteiger partial charge is 0.247 e. The molecule has 4 nitrogen and oxygen atoms in total. The van der Waals surface area contributed by atoms with E-state index in [2.05, 4.69) is 10.2 Å². The van der Waals surface area contributed by atoms with Crippen LogP contribution in [0.15, 0.2) is 22.6 Å². The molecule has 2 rings (SSSR count). The van der Waals surface area contributed by atoms with Crippen LogP contribution in [-0.2, 0) is 0 Å². The van der Waals surface area contributed by atoms with E-state index in [0.29, 0.717) is 11.8 Å². The van der Waals surface area contributed by atoms with Crippen molar-refractivity contribution in [3.63, 3.8) is 0 Å². The van der Waals surface area contributed by atoms with Crippen LogP contribution in [-0.4, -0.2) is 10.2 Å². The predicted octanol–water partition coefficient (Wildman–Crippen LogP) is 1.94. The molecule has 1 heterocycles. The second-order valence-corrected chi connectivity index (χ2v) is 3.20. The molecule has 0 unspecified atom stereocenters. The lowest BCUT2D eigenvalue weighted by Crippen LogP contribution is -1.89. The van der Waals surface area contributed by atoms with Gasteiger partial charge in [-0.2, -0.15) is 0 Å². The summed E-state index contributed by atoms with van der Waals surface area (Å²) >= 11 is 0. The number of nitrogen functional groups attached to an aromatic ring is 1. The minimum absolute atomic E-state index is 0.509. The molecular formula is C10H11N3O. The lowest BCUT2D eigenvalue weighted by atomic mass is 10.1. The first kappa shape index (κ1) is 8.74. The lowest BCUT2D eigenvalue weighted by Gasteiger charge is -2.00. The molecule has 0 aliphatic heterocycles. The summed E-state index contributed by atoms with van der Waals surface area (Å²) in [6, 6.07) is 5.69. The van der Waals surface area contributed by atoms with Crippen molar-refractivity contribution in [3.8, 4) is 11.5 Å². The Labute approximate surface area is 81.8 Å². The van der Waals surface area contributed by atoms with Crippen molar-refractivity contribution in [1.29, 1.82) is 0 Å². The van der Waals surface area contributed by atoms with Crippen molar-refractivity contribution >= 4 is 5.69 Å². The fraction of sp³-hybridized carbons (Fsp3) is 0.200. The lowest BCUT2D eigenvalue weighted by molar-refractivity contribution is 0.533. The molecule has 0 bridgehead atoms. The highest BCUT2D eigenvalue weighted by atomic mass is 16.4. The predicted molar refractivity (Wildman–Crippen MR) is 53.6 cm³/mol. The second kappa shape index (κ2) is 3.14. The number of hydrogen-bond donors (Lipinski definition) is 1. The molecule has 0 spiro atoms. The van der Waals surface area contributed by atoms with Gasteiger partial charge in [0.05, 0.1) is 0 Å². The van der Waals surface area contributed by atoms with Crippen molar-refractivity contribution in [2.75, 3.05) is 5.73 Å². The van der Waals surface area contributed by atoms with Gasteiger partial charge in [0.25, 0.3) is 0 Å². The second-order valence-electron chi connectivity index (χ2n) is 3.20. The molecule has 0 radical (unpaired) electrons. The summed E-state index contributed by atoms with van der Waals surface area (Å²) < 4.78 is 5.29. The van der Waals surface area contributed by atoms with E-state index in [1.807, 2.05) is 25.1 Å². The average molecular weight is 189 g/mol. The monoisotopic (exact) mass is 189 g/mol. The van der Waals surface area contributed by atoms with Crippen LogP contribution >= 0.6 is 0 Å². The van der Waals surface area contributed by atoms with Crippen LogP contribution in [0.5, 0.6) is 0 Å². The van der Waals surface area contributed by atoms with Crippen LogP contribution < -0.4 is 5.73 Å². The van der Waals surface area contributed by atoms with E-state index in [9.17, 15) is 0 Å². The molecule has 0 saturated heterocycles. The Balaban J connectivity index is 2.47. The zero-order valence-electron chi connectivity index (χ0n) is 8.11. The Morgan fingerprint density at radius 2 is 2.00 bits per heavy atom. The molecule has 0 aliphatic carbocycles. The van der Waals surface area contributed by atoms with Gasteiger partial charge in [0, 0.05) is 18.2 Å². The first-order valence-corrected chi connectivity index (χ1v) is 4.33. The maximum atomic E-state index is 5.77. The van der Waals surface area contributed by atoms with Gasteiger partial charge in [-0.1, -0.05) is 6.07 Å². The number of aromatic nitrogens is 2. The van der Waals surface area contributed by atoms with Crippen LogP contribution in [0.2, 0.25) is 0 Å². The number of nitrogens with two attached hydrogens (primary N) is 1. The van der Waals surface area contributed by atoms with Crippen molar-refractivity contribution in [3.05, 3.63) is 29.7 Å². The van der Waals surface area contributed by atoms with E-state index >= 15 is 0 Å². The Kier molecular flexibility index (Phi) is 1.96. The van der Waals surface area contributed by atoms with E-state index in [1.165, 1.54) is 0 Å². The first-order chi connectivity index (χ1) is 6.66. The molecule has 14 heavy (non-hydrogen) atoms. The fourth-order valence-corrected chi connectivity index (χ4v) is 1.19. The van der Waals surface area contributed by atoms with Gasteiger partial charge in [-0.25, -0.2) is 0 Å². The highest BCUT2D eigenvalue weighted by Gasteiger charge is 2.06. The molecule has 4 heteroatoms. The van der Waals surface area contributed by atoms with E-state index < -0.39 is 0 Å². The minimum atomic E-state index is 0.509. The number of rotatable bonds is 1. The summed E-state index contributed by atoms with van der Waals surface area (Å²) in [5, 5.41) is 7.67. The molecule has 2 N–H and O–H groups in total. The van der Waals surface area contributed by atoms with Crippen molar-refractivity contribution in [2.45, 2.75) is 13.8 Å². The van der Waals surface area contributed by atoms with Gasteiger partial charge < -0.3 is 10.2 Å². The molecule has 1 aromatic heterocycles. The number of hydrogen-bond acceptors (Lipinski definition) is 4. The molecule has 0 saturated carbocycles. The maximum Gasteiger partial charge on any atom is 0.247 e.